The number of rotatable bonds is 6. The van der Waals surface area contributed by atoms with Gasteiger partial charge in [-0.3, -0.25) is 4.79 Å². The van der Waals surface area contributed by atoms with E-state index in [4.69, 9.17) is 4.74 Å². The number of carbonyl (C=O) groups is 1. The van der Waals surface area contributed by atoms with Crippen LogP contribution >= 0.6 is 27.7 Å². The van der Waals surface area contributed by atoms with E-state index in [1.54, 1.807) is 6.92 Å². The van der Waals surface area contributed by atoms with Gasteiger partial charge in [0.15, 0.2) is 0 Å². The third-order valence-corrected chi connectivity index (χ3v) is 3.50. The second-order valence-electron chi connectivity index (χ2n) is 3.61. The normalized spacial score (nSPS) is 11.4. The summed E-state index contributed by atoms with van der Waals surface area (Å²) in [6.45, 7) is 1.96. The standard InChI is InChI=1S/C12H12BrF3O2S/c1-2-18-10-6-8(5-9(17)7-13)3-4-11(10)19-12(14,15)16/h3-4,6H,2,5,7H2,1H3. The highest BCUT2D eigenvalue weighted by atomic mass is 79.9. The van der Waals surface area contributed by atoms with E-state index in [9.17, 15) is 18.0 Å². The van der Waals surface area contributed by atoms with Crippen molar-refractivity contribution in [2.24, 2.45) is 0 Å². The molecule has 19 heavy (non-hydrogen) atoms. The Morgan fingerprint density at radius 1 is 1.42 bits per heavy atom. The minimum atomic E-state index is -4.36. The fraction of sp³-hybridized carbons (Fsp3) is 0.417. The summed E-state index contributed by atoms with van der Waals surface area (Å²) in [6.07, 6.45) is 0.169. The fourth-order valence-electron chi connectivity index (χ4n) is 1.41. The number of Topliss-reactive ketones (excluding diaryl/α,β-unsaturated/α-hetero) is 1. The first-order valence-corrected chi connectivity index (χ1v) is 7.38. The number of thioether (sulfide) groups is 1. The Kier molecular flexibility index (Phi) is 6.19. The van der Waals surface area contributed by atoms with E-state index < -0.39 is 5.51 Å². The molecule has 0 spiro atoms. The first kappa shape index (κ1) is 16.4. The van der Waals surface area contributed by atoms with Gasteiger partial charge in [0.1, 0.15) is 11.5 Å². The lowest BCUT2D eigenvalue weighted by atomic mass is 10.1. The number of ether oxygens (including phenoxy) is 1. The summed E-state index contributed by atoms with van der Waals surface area (Å²) >= 11 is 2.82. The zero-order valence-electron chi connectivity index (χ0n) is 10.1. The van der Waals surface area contributed by atoms with Crippen LogP contribution in [0.15, 0.2) is 23.1 Å². The molecule has 1 rings (SSSR count). The lowest BCUT2D eigenvalue weighted by Gasteiger charge is -2.13. The van der Waals surface area contributed by atoms with Crippen molar-refractivity contribution in [1.29, 1.82) is 0 Å². The van der Waals surface area contributed by atoms with E-state index in [0.29, 0.717) is 5.56 Å². The Morgan fingerprint density at radius 3 is 2.63 bits per heavy atom. The van der Waals surface area contributed by atoms with Gasteiger partial charge in [0.2, 0.25) is 0 Å². The lowest BCUT2D eigenvalue weighted by Crippen LogP contribution is -2.05. The summed E-state index contributed by atoms with van der Waals surface area (Å²) in [5, 5.41) is 0.218. The van der Waals surface area contributed by atoms with Gasteiger partial charge in [-0.05, 0) is 36.4 Å². The van der Waals surface area contributed by atoms with Gasteiger partial charge in [-0.25, -0.2) is 0 Å². The predicted molar refractivity (Wildman–Crippen MR) is 72.0 cm³/mol. The quantitative estimate of drug-likeness (QED) is 0.564. The van der Waals surface area contributed by atoms with E-state index in [-0.39, 0.29) is 46.5 Å². The van der Waals surface area contributed by atoms with Crippen LogP contribution in [0.5, 0.6) is 5.75 Å². The molecule has 0 bridgehead atoms. The van der Waals surface area contributed by atoms with Gasteiger partial charge < -0.3 is 4.74 Å². The monoisotopic (exact) mass is 356 g/mol. The van der Waals surface area contributed by atoms with Crippen LogP contribution in [-0.4, -0.2) is 23.2 Å². The lowest BCUT2D eigenvalue weighted by molar-refractivity contribution is -0.115. The number of benzene rings is 1. The van der Waals surface area contributed by atoms with E-state index in [2.05, 4.69) is 15.9 Å². The zero-order valence-corrected chi connectivity index (χ0v) is 12.5. The van der Waals surface area contributed by atoms with Crippen molar-refractivity contribution in [2.45, 2.75) is 23.7 Å². The average molecular weight is 357 g/mol. The molecule has 7 heteroatoms. The van der Waals surface area contributed by atoms with Gasteiger partial charge in [-0.1, -0.05) is 22.0 Å². The average Bonchev–Trinajstić information content (AvgIpc) is 2.31. The number of hydrogen-bond donors (Lipinski definition) is 0. The van der Waals surface area contributed by atoms with Crippen molar-refractivity contribution < 1.29 is 22.7 Å². The van der Waals surface area contributed by atoms with Crippen LogP contribution in [0, 0.1) is 0 Å². The summed E-state index contributed by atoms with van der Waals surface area (Å²) < 4.78 is 42.3. The SMILES string of the molecule is CCOc1cc(CC(=O)CBr)ccc1SC(F)(F)F. The Hall–Kier alpha value is -0.690. The highest BCUT2D eigenvalue weighted by Gasteiger charge is 2.30. The van der Waals surface area contributed by atoms with Crippen LogP contribution in [0.1, 0.15) is 12.5 Å². The predicted octanol–water partition coefficient (Wildman–Crippen LogP) is 4.20. The fourth-order valence-corrected chi connectivity index (χ4v) is 2.22. The van der Waals surface area contributed by atoms with Crippen LogP contribution in [0.25, 0.3) is 0 Å². The van der Waals surface area contributed by atoms with Crippen molar-refractivity contribution in [3.05, 3.63) is 23.8 Å². The first-order valence-electron chi connectivity index (χ1n) is 5.45. The molecular weight excluding hydrogens is 345 g/mol. The molecule has 0 saturated heterocycles. The number of alkyl halides is 4. The highest BCUT2D eigenvalue weighted by Crippen LogP contribution is 2.41. The first-order chi connectivity index (χ1) is 8.85. The Morgan fingerprint density at radius 2 is 2.11 bits per heavy atom. The minimum absolute atomic E-state index is 0.00407. The smallest absolute Gasteiger partial charge is 0.446 e. The molecule has 0 aliphatic heterocycles. The van der Waals surface area contributed by atoms with E-state index in [1.807, 2.05) is 0 Å². The molecule has 0 N–H and O–H groups in total. The van der Waals surface area contributed by atoms with Crippen LogP contribution < -0.4 is 4.74 Å². The molecule has 0 amide bonds. The van der Waals surface area contributed by atoms with Crippen LogP contribution in [0.2, 0.25) is 0 Å². The van der Waals surface area contributed by atoms with Gasteiger partial charge >= 0.3 is 5.51 Å². The minimum Gasteiger partial charge on any atom is -0.493 e. The molecular formula is C12H12BrF3O2S. The molecule has 1 aromatic carbocycles. The van der Waals surface area contributed by atoms with Gasteiger partial charge in [-0.15, -0.1) is 0 Å². The molecule has 0 atom stereocenters. The Bertz CT molecular complexity index is 449. The summed E-state index contributed by atoms with van der Waals surface area (Å²) in [5.74, 6) is 0.114. The largest absolute Gasteiger partial charge is 0.493 e. The molecule has 0 radical (unpaired) electrons. The van der Waals surface area contributed by atoms with Crippen molar-refractivity contribution >= 4 is 33.5 Å². The molecule has 2 nitrogen and oxygen atoms in total. The molecule has 1 aromatic rings. The van der Waals surface area contributed by atoms with Crippen molar-refractivity contribution in [2.75, 3.05) is 11.9 Å². The molecule has 0 aliphatic rings. The van der Waals surface area contributed by atoms with E-state index >= 15 is 0 Å². The van der Waals surface area contributed by atoms with Gasteiger partial charge in [-0.2, -0.15) is 13.2 Å². The van der Waals surface area contributed by atoms with Crippen molar-refractivity contribution in [3.8, 4) is 5.75 Å². The summed E-state index contributed by atoms with van der Waals surface area (Å²) in [4.78, 5) is 11.3. The van der Waals surface area contributed by atoms with Crippen LogP contribution in [-0.2, 0) is 11.2 Å². The van der Waals surface area contributed by atoms with Crippen molar-refractivity contribution in [3.63, 3.8) is 0 Å². The van der Waals surface area contributed by atoms with E-state index in [1.165, 1.54) is 18.2 Å². The molecule has 0 heterocycles. The maximum Gasteiger partial charge on any atom is 0.446 e. The van der Waals surface area contributed by atoms with Crippen LogP contribution in [0.4, 0.5) is 13.2 Å². The second kappa shape index (κ2) is 7.19. The van der Waals surface area contributed by atoms with Gasteiger partial charge in [0.05, 0.1) is 16.8 Å². The van der Waals surface area contributed by atoms with E-state index in [0.717, 1.165) is 0 Å². The number of halogens is 4. The third-order valence-electron chi connectivity index (χ3n) is 2.08. The molecule has 0 unspecified atom stereocenters. The highest BCUT2D eigenvalue weighted by molar-refractivity contribution is 9.09. The second-order valence-corrected chi connectivity index (χ2v) is 5.28. The number of ketones is 1. The number of carbonyl (C=O) groups excluding carboxylic acids is 1. The van der Waals surface area contributed by atoms with Gasteiger partial charge in [0, 0.05) is 6.42 Å². The maximum absolute atomic E-state index is 12.4. The van der Waals surface area contributed by atoms with Crippen molar-refractivity contribution in [1.82, 2.24) is 0 Å². The molecule has 0 aliphatic carbocycles. The molecule has 0 saturated carbocycles. The Balaban J connectivity index is 2.97. The number of hydrogen-bond acceptors (Lipinski definition) is 3. The molecule has 0 aromatic heterocycles. The summed E-state index contributed by atoms with van der Waals surface area (Å²) in [6, 6.07) is 4.33. The van der Waals surface area contributed by atoms with Gasteiger partial charge in [0.25, 0.3) is 0 Å². The third kappa shape index (κ3) is 5.86. The molecule has 106 valence electrons. The summed E-state index contributed by atoms with van der Waals surface area (Å²) in [7, 11) is 0. The summed E-state index contributed by atoms with van der Waals surface area (Å²) in [5.41, 5.74) is -3.72. The van der Waals surface area contributed by atoms with Crippen LogP contribution in [0.3, 0.4) is 0 Å². The topological polar surface area (TPSA) is 26.3 Å². The molecule has 0 fully saturated rings. The Labute approximate surface area is 121 Å². The zero-order chi connectivity index (χ0) is 14.5. The maximum atomic E-state index is 12.4.